The molecular weight excluding hydrogens is 238 g/mol. The highest BCUT2D eigenvalue weighted by Gasteiger charge is 2.31. The van der Waals surface area contributed by atoms with Gasteiger partial charge in [-0.1, -0.05) is 13.3 Å². The third-order valence-electron chi connectivity index (χ3n) is 3.05. The van der Waals surface area contributed by atoms with Gasteiger partial charge in [0, 0.05) is 13.1 Å². The number of carbonyl (C=O) groups excluding carboxylic acids is 2. The number of carbonyl (C=O) groups is 3. The zero-order valence-corrected chi connectivity index (χ0v) is 10.4. The largest absolute Gasteiger partial charge is 0.480 e. The van der Waals surface area contributed by atoms with Crippen LogP contribution in [0.4, 0.5) is 4.79 Å². The van der Waals surface area contributed by atoms with Crippen molar-refractivity contribution in [3.63, 3.8) is 0 Å². The maximum Gasteiger partial charge on any atom is 0.326 e. The first kappa shape index (κ1) is 14.3. The number of primary amides is 1. The third kappa shape index (κ3) is 3.61. The van der Waals surface area contributed by atoms with Gasteiger partial charge in [-0.3, -0.25) is 4.79 Å². The normalized spacial score (nSPS) is 20.5. The number of aliphatic carboxylic acids is 1. The van der Waals surface area contributed by atoms with E-state index in [1.165, 1.54) is 4.90 Å². The molecule has 4 N–H and O–H groups in total. The predicted octanol–water partition coefficient (Wildman–Crippen LogP) is -0.243. The van der Waals surface area contributed by atoms with E-state index in [-0.39, 0.29) is 12.5 Å². The Morgan fingerprint density at radius 1 is 1.50 bits per heavy atom. The minimum absolute atomic E-state index is 0.264. The molecule has 7 nitrogen and oxygen atoms in total. The Kier molecular flexibility index (Phi) is 4.94. The highest BCUT2D eigenvalue weighted by Crippen LogP contribution is 2.15. The van der Waals surface area contributed by atoms with E-state index in [4.69, 9.17) is 10.8 Å². The number of hydrogen-bond donors (Lipinski definition) is 3. The van der Waals surface area contributed by atoms with Gasteiger partial charge in [-0.05, 0) is 12.8 Å². The summed E-state index contributed by atoms with van der Waals surface area (Å²) in [6, 6.07) is -1.32. The molecule has 1 fully saturated rings. The zero-order valence-electron chi connectivity index (χ0n) is 10.4. The van der Waals surface area contributed by atoms with Crippen molar-refractivity contribution in [2.75, 3.05) is 13.1 Å². The topological polar surface area (TPSA) is 113 Å². The van der Waals surface area contributed by atoms with Crippen LogP contribution in [0.25, 0.3) is 0 Å². The molecule has 1 aliphatic rings. The number of likely N-dealkylation sites (tertiary alicyclic amines) is 1. The van der Waals surface area contributed by atoms with Gasteiger partial charge in [0.15, 0.2) is 0 Å². The molecule has 2 unspecified atom stereocenters. The minimum atomic E-state index is -1.05. The molecule has 0 bridgehead atoms. The fourth-order valence-corrected chi connectivity index (χ4v) is 1.96. The van der Waals surface area contributed by atoms with Gasteiger partial charge >= 0.3 is 12.0 Å². The molecule has 18 heavy (non-hydrogen) atoms. The van der Waals surface area contributed by atoms with Crippen LogP contribution in [0, 0.1) is 5.92 Å². The molecule has 2 atom stereocenters. The van der Waals surface area contributed by atoms with Gasteiger partial charge in [-0.15, -0.1) is 0 Å². The molecule has 1 saturated heterocycles. The van der Waals surface area contributed by atoms with Gasteiger partial charge in [-0.25, -0.2) is 9.59 Å². The van der Waals surface area contributed by atoms with Crippen molar-refractivity contribution >= 4 is 17.9 Å². The molecule has 102 valence electrons. The Labute approximate surface area is 105 Å². The zero-order chi connectivity index (χ0) is 13.7. The first-order valence-electron chi connectivity index (χ1n) is 6.03. The standard InChI is InChI=1S/C11H19N3O4/c1-2-3-8(10(16)17)13-11(18)14-5-4-7(6-14)9(12)15/h7-8H,2-6H2,1H3,(H2,12,15)(H,13,18)(H,16,17). The van der Waals surface area contributed by atoms with E-state index in [9.17, 15) is 14.4 Å². The first-order chi connectivity index (χ1) is 8.45. The number of amides is 3. The molecule has 1 rings (SSSR count). The van der Waals surface area contributed by atoms with Crippen molar-refractivity contribution in [2.24, 2.45) is 11.7 Å². The van der Waals surface area contributed by atoms with Crippen molar-refractivity contribution in [2.45, 2.75) is 32.2 Å². The highest BCUT2D eigenvalue weighted by atomic mass is 16.4. The quantitative estimate of drug-likeness (QED) is 0.630. The number of carboxylic acids is 1. The van der Waals surface area contributed by atoms with Gasteiger partial charge < -0.3 is 21.1 Å². The smallest absolute Gasteiger partial charge is 0.326 e. The molecule has 0 aromatic heterocycles. The van der Waals surface area contributed by atoms with Crippen LogP contribution in [-0.2, 0) is 9.59 Å². The second-order valence-corrected chi connectivity index (χ2v) is 4.46. The average molecular weight is 257 g/mol. The minimum Gasteiger partial charge on any atom is -0.480 e. The lowest BCUT2D eigenvalue weighted by atomic mass is 10.1. The summed E-state index contributed by atoms with van der Waals surface area (Å²) < 4.78 is 0. The molecule has 3 amide bonds. The number of nitrogens with one attached hydrogen (secondary N) is 1. The maximum atomic E-state index is 11.8. The van der Waals surface area contributed by atoms with Gasteiger partial charge in [0.05, 0.1) is 5.92 Å². The fourth-order valence-electron chi connectivity index (χ4n) is 1.96. The molecule has 0 saturated carbocycles. The second kappa shape index (κ2) is 6.23. The molecule has 1 heterocycles. The molecule has 1 aliphatic heterocycles. The summed E-state index contributed by atoms with van der Waals surface area (Å²) in [5, 5.41) is 11.4. The third-order valence-corrected chi connectivity index (χ3v) is 3.05. The Balaban J connectivity index is 2.50. The molecule has 0 spiro atoms. The molecule has 7 heteroatoms. The lowest BCUT2D eigenvalue weighted by molar-refractivity contribution is -0.139. The number of hydrogen-bond acceptors (Lipinski definition) is 3. The van der Waals surface area contributed by atoms with E-state index in [2.05, 4.69) is 5.32 Å². The lowest BCUT2D eigenvalue weighted by Crippen LogP contribution is -2.47. The van der Waals surface area contributed by atoms with Crippen LogP contribution in [0.5, 0.6) is 0 Å². The second-order valence-electron chi connectivity index (χ2n) is 4.46. The molecule has 0 aromatic rings. The van der Waals surface area contributed by atoms with Gasteiger partial charge in [0.1, 0.15) is 6.04 Å². The van der Waals surface area contributed by atoms with Crippen LogP contribution >= 0.6 is 0 Å². The van der Waals surface area contributed by atoms with Gasteiger partial charge in [-0.2, -0.15) is 0 Å². The SMILES string of the molecule is CCCC(NC(=O)N1CCC(C(N)=O)C1)C(=O)O. The van der Waals surface area contributed by atoms with Crippen molar-refractivity contribution < 1.29 is 19.5 Å². The van der Waals surface area contributed by atoms with E-state index in [1.54, 1.807) is 0 Å². The number of nitrogens with two attached hydrogens (primary N) is 1. The average Bonchev–Trinajstić information content (AvgIpc) is 2.77. The predicted molar refractivity (Wildman–Crippen MR) is 63.7 cm³/mol. The van der Waals surface area contributed by atoms with Crippen LogP contribution in [0.3, 0.4) is 0 Å². The number of nitrogens with zero attached hydrogens (tertiary/aromatic N) is 1. The molecule has 0 aromatic carbocycles. The Morgan fingerprint density at radius 3 is 2.61 bits per heavy atom. The van der Waals surface area contributed by atoms with Gasteiger partial charge in [0.25, 0.3) is 0 Å². The lowest BCUT2D eigenvalue weighted by Gasteiger charge is -2.20. The summed E-state index contributed by atoms with van der Waals surface area (Å²) in [5.74, 6) is -1.80. The highest BCUT2D eigenvalue weighted by molar-refractivity contribution is 5.84. The summed E-state index contributed by atoms with van der Waals surface area (Å²) in [7, 11) is 0. The van der Waals surface area contributed by atoms with Crippen LogP contribution in [0.1, 0.15) is 26.2 Å². The molecule has 0 aliphatic carbocycles. The Bertz CT molecular complexity index is 345. The summed E-state index contributed by atoms with van der Waals surface area (Å²) in [4.78, 5) is 35.1. The van der Waals surface area contributed by atoms with Crippen LogP contribution in [0.2, 0.25) is 0 Å². The monoisotopic (exact) mass is 257 g/mol. The number of urea groups is 1. The maximum absolute atomic E-state index is 11.8. The van der Waals surface area contributed by atoms with Crippen molar-refractivity contribution in [3.8, 4) is 0 Å². The fraction of sp³-hybridized carbons (Fsp3) is 0.727. The summed E-state index contributed by atoms with van der Waals surface area (Å²) in [6.45, 7) is 2.54. The summed E-state index contributed by atoms with van der Waals surface area (Å²) in [5.41, 5.74) is 5.17. The van der Waals surface area contributed by atoms with Gasteiger partial charge in [0.2, 0.25) is 5.91 Å². The van der Waals surface area contributed by atoms with E-state index < -0.39 is 23.9 Å². The van der Waals surface area contributed by atoms with Crippen molar-refractivity contribution in [1.29, 1.82) is 0 Å². The van der Waals surface area contributed by atoms with E-state index in [0.717, 1.165) is 0 Å². The van der Waals surface area contributed by atoms with Crippen molar-refractivity contribution in [3.05, 3.63) is 0 Å². The van der Waals surface area contributed by atoms with E-state index >= 15 is 0 Å². The first-order valence-corrected chi connectivity index (χ1v) is 6.03. The molecule has 0 radical (unpaired) electrons. The Morgan fingerprint density at radius 2 is 2.17 bits per heavy atom. The van der Waals surface area contributed by atoms with E-state index in [1.807, 2.05) is 6.92 Å². The number of rotatable bonds is 5. The van der Waals surface area contributed by atoms with Crippen LogP contribution in [-0.4, -0.2) is 47.0 Å². The Hall–Kier alpha value is -1.79. The van der Waals surface area contributed by atoms with Crippen LogP contribution < -0.4 is 11.1 Å². The summed E-state index contributed by atoms with van der Waals surface area (Å²) >= 11 is 0. The molecular formula is C11H19N3O4. The van der Waals surface area contributed by atoms with E-state index in [0.29, 0.717) is 25.8 Å². The summed E-state index contributed by atoms with van der Waals surface area (Å²) in [6.07, 6.45) is 1.59. The van der Waals surface area contributed by atoms with Crippen LogP contribution in [0.15, 0.2) is 0 Å². The van der Waals surface area contributed by atoms with Crippen molar-refractivity contribution in [1.82, 2.24) is 10.2 Å². The number of carboxylic acid groups (broad SMARTS) is 1.